The molecule has 0 saturated carbocycles. The van der Waals surface area contributed by atoms with Crippen LogP contribution in [0.2, 0.25) is 5.02 Å². The molecule has 0 spiro atoms. The first kappa shape index (κ1) is 10.5. The Morgan fingerprint density at radius 3 is 2.87 bits per heavy atom. The van der Waals surface area contributed by atoms with Crippen LogP contribution in [-0.2, 0) is 4.74 Å². The number of aliphatic hydroxyl groups is 1. The number of benzene rings is 1. The maximum absolute atomic E-state index is 13.1. The highest BCUT2D eigenvalue weighted by molar-refractivity contribution is 6.30. The summed E-state index contributed by atoms with van der Waals surface area (Å²) in [6.45, 7) is 0.572. The van der Waals surface area contributed by atoms with Crippen molar-refractivity contribution in [1.29, 1.82) is 0 Å². The Morgan fingerprint density at radius 2 is 2.27 bits per heavy atom. The molecule has 15 heavy (non-hydrogen) atoms. The van der Waals surface area contributed by atoms with Crippen LogP contribution in [0.5, 0.6) is 0 Å². The van der Waals surface area contributed by atoms with Crippen LogP contribution < -0.4 is 0 Å². The van der Waals surface area contributed by atoms with Gasteiger partial charge in [0.1, 0.15) is 17.7 Å². The number of rotatable bonds is 2. The predicted octanol–water partition coefficient (Wildman–Crippen LogP) is 2.82. The molecule has 1 aliphatic rings. The van der Waals surface area contributed by atoms with E-state index in [1.807, 2.05) is 0 Å². The van der Waals surface area contributed by atoms with Crippen molar-refractivity contribution in [2.24, 2.45) is 0 Å². The van der Waals surface area contributed by atoms with E-state index in [1.165, 1.54) is 12.1 Å². The lowest BCUT2D eigenvalue weighted by atomic mass is 10.1. The van der Waals surface area contributed by atoms with Crippen LogP contribution in [0.15, 0.2) is 30.0 Å². The van der Waals surface area contributed by atoms with Gasteiger partial charge < -0.3 is 9.84 Å². The van der Waals surface area contributed by atoms with Gasteiger partial charge in [-0.25, -0.2) is 4.39 Å². The van der Waals surface area contributed by atoms with E-state index < -0.39 is 11.9 Å². The average Bonchev–Trinajstić information content (AvgIpc) is 2.74. The molecule has 1 aromatic carbocycles. The van der Waals surface area contributed by atoms with Gasteiger partial charge in [0.2, 0.25) is 0 Å². The molecule has 0 fully saturated rings. The van der Waals surface area contributed by atoms with Gasteiger partial charge in [0.05, 0.1) is 11.6 Å². The lowest BCUT2D eigenvalue weighted by molar-refractivity contribution is 0.118. The predicted molar refractivity (Wildman–Crippen MR) is 55.0 cm³/mol. The van der Waals surface area contributed by atoms with Gasteiger partial charge >= 0.3 is 0 Å². The zero-order valence-electron chi connectivity index (χ0n) is 7.91. The normalized spacial score (nSPS) is 17.1. The number of hydrogen-bond donors (Lipinski definition) is 1. The molecule has 0 saturated heterocycles. The van der Waals surface area contributed by atoms with Gasteiger partial charge in [-0.15, -0.1) is 0 Å². The molecule has 2 nitrogen and oxygen atoms in total. The summed E-state index contributed by atoms with van der Waals surface area (Å²) in [5.74, 6) is -0.0523. The largest absolute Gasteiger partial charge is 0.495 e. The van der Waals surface area contributed by atoms with Gasteiger partial charge in [-0.2, -0.15) is 0 Å². The quantitative estimate of drug-likeness (QED) is 0.844. The lowest BCUT2D eigenvalue weighted by Crippen LogP contribution is -2.02. The van der Waals surface area contributed by atoms with E-state index in [0.29, 0.717) is 17.9 Å². The van der Waals surface area contributed by atoms with Gasteiger partial charge in [0.15, 0.2) is 0 Å². The molecule has 1 aliphatic heterocycles. The molecule has 1 unspecified atom stereocenters. The molecule has 1 N–H and O–H groups in total. The fourth-order valence-electron chi connectivity index (χ4n) is 1.47. The number of ether oxygens (including phenoxy) is 1. The van der Waals surface area contributed by atoms with Crippen LogP contribution in [0.1, 0.15) is 18.1 Å². The fourth-order valence-corrected chi connectivity index (χ4v) is 1.59. The maximum atomic E-state index is 13.1. The third-order valence-electron chi connectivity index (χ3n) is 2.26. The van der Waals surface area contributed by atoms with Gasteiger partial charge in [0, 0.05) is 6.42 Å². The van der Waals surface area contributed by atoms with Crippen LogP contribution in [0.4, 0.5) is 4.39 Å². The Balaban J connectivity index is 2.25. The van der Waals surface area contributed by atoms with Gasteiger partial charge in [0.25, 0.3) is 0 Å². The van der Waals surface area contributed by atoms with Gasteiger partial charge in [-0.1, -0.05) is 17.7 Å². The summed E-state index contributed by atoms with van der Waals surface area (Å²) in [6.07, 6.45) is 1.68. The standard InChI is InChI=1S/C11H10ClFO2/c12-8-4-3-7(6-9(8)13)11(14)10-2-1-5-15-10/h2-4,6,11,14H,1,5H2. The molecule has 80 valence electrons. The summed E-state index contributed by atoms with van der Waals surface area (Å²) in [6, 6.07) is 4.22. The molecular formula is C11H10ClFO2. The zero-order valence-corrected chi connectivity index (χ0v) is 8.67. The third kappa shape index (κ3) is 2.13. The van der Waals surface area contributed by atoms with E-state index in [1.54, 1.807) is 12.1 Å². The number of halogens is 2. The molecule has 0 bridgehead atoms. The smallest absolute Gasteiger partial charge is 0.142 e. The first-order valence-corrected chi connectivity index (χ1v) is 5.02. The van der Waals surface area contributed by atoms with Gasteiger partial charge in [-0.05, 0) is 23.8 Å². The minimum atomic E-state index is -0.903. The Kier molecular flexibility index (Phi) is 2.93. The molecule has 2 rings (SSSR count). The second-order valence-electron chi connectivity index (χ2n) is 3.32. The molecule has 1 aromatic rings. The van der Waals surface area contributed by atoms with Crippen molar-refractivity contribution >= 4 is 11.6 Å². The minimum Gasteiger partial charge on any atom is -0.495 e. The van der Waals surface area contributed by atoms with E-state index in [2.05, 4.69) is 0 Å². The van der Waals surface area contributed by atoms with Crippen molar-refractivity contribution in [2.75, 3.05) is 6.61 Å². The van der Waals surface area contributed by atoms with Gasteiger partial charge in [-0.3, -0.25) is 0 Å². The SMILES string of the molecule is OC(C1=CCCO1)c1ccc(Cl)c(F)c1. The first-order valence-electron chi connectivity index (χ1n) is 4.64. The molecule has 4 heteroatoms. The Hall–Kier alpha value is -1.06. The molecular weight excluding hydrogens is 219 g/mol. The van der Waals surface area contributed by atoms with Crippen molar-refractivity contribution in [2.45, 2.75) is 12.5 Å². The van der Waals surface area contributed by atoms with Crippen LogP contribution in [0.3, 0.4) is 0 Å². The summed E-state index contributed by atoms with van der Waals surface area (Å²) < 4.78 is 18.3. The van der Waals surface area contributed by atoms with Crippen LogP contribution >= 0.6 is 11.6 Å². The number of hydrogen-bond acceptors (Lipinski definition) is 2. The van der Waals surface area contributed by atoms with E-state index in [9.17, 15) is 9.50 Å². The first-order chi connectivity index (χ1) is 7.18. The molecule has 1 heterocycles. The van der Waals surface area contributed by atoms with Crippen molar-refractivity contribution < 1.29 is 14.2 Å². The van der Waals surface area contributed by atoms with Crippen LogP contribution in [0, 0.1) is 5.82 Å². The fraction of sp³-hybridized carbons (Fsp3) is 0.273. The Morgan fingerprint density at radius 1 is 1.47 bits per heavy atom. The third-order valence-corrected chi connectivity index (χ3v) is 2.57. The maximum Gasteiger partial charge on any atom is 0.142 e. The monoisotopic (exact) mass is 228 g/mol. The Bertz CT molecular complexity index is 404. The topological polar surface area (TPSA) is 29.5 Å². The van der Waals surface area contributed by atoms with E-state index in [0.717, 1.165) is 6.42 Å². The highest BCUT2D eigenvalue weighted by Gasteiger charge is 2.18. The van der Waals surface area contributed by atoms with E-state index in [-0.39, 0.29) is 5.02 Å². The highest BCUT2D eigenvalue weighted by Crippen LogP contribution is 2.28. The minimum absolute atomic E-state index is 0.0484. The summed E-state index contributed by atoms with van der Waals surface area (Å²) in [7, 11) is 0. The summed E-state index contributed by atoms with van der Waals surface area (Å²) in [4.78, 5) is 0. The molecule has 0 aliphatic carbocycles. The molecule has 1 atom stereocenters. The Labute approximate surface area is 91.9 Å². The molecule has 0 aromatic heterocycles. The van der Waals surface area contributed by atoms with Crippen LogP contribution in [-0.4, -0.2) is 11.7 Å². The van der Waals surface area contributed by atoms with Crippen molar-refractivity contribution in [3.63, 3.8) is 0 Å². The van der Waals surface area contributed by atoms with E-state index >= 15 is 0 Å². The average molecular weight is 229 g/mol. The van der Waals surface area contributed by atoms with Crippen molar-refractivity contribution in [3.05, 3.63) is 46.4 Å². The van der Waals surface area contributed by atoms with E-state index in [4.69, 9.17) is 16.3 Å². The van der Waals surface area contributed by atoms with Crippen molar-refractivity contribution in [1.82, 2.24) is 0 Å². The van der Waals surface area contributed by atoms with Crippen LogP contribution in [0.25, 0.3) is 0 Å². The van der Waals surface area contributed by atoms with Crippen molar-refractivity contribution in [3.8, 4) is 0 Å². The summed E-state index contributed by atoms with van der Waals surface area (Å²) >= 11 is 5.54. The molecule has 0 amide bonds. The summed E-state index contributed by atoms with van der Waals surface area (Å²) in [5, 5.41) is 9.88. The second-order valence-corrected chi connectivity index (χ2v) is 3.73. The zero-order chi connectivity index (χ0) is 10.8. The lowest BCUT2D eigenvalue weighted by Gasteiger charge is -2.12. The number of aliphatic hydroxyl groups excluding tert-OH is 1. The second kappa shape index (κ2) is 4.21. The highest BCUT2D eigenvalue weighted by atomic mass is 35.5. The molecule has 0 radical (unpaired) electrons. The summed E-state index contributed by atoms with van der Waals surface area (Å²) in [5.41, 5.74) is 0.449.